The molecule has 30 heavy (non-hydrogen) atoms. The van der Waals surface area contributed by atoms with Crippen LogP contribution in [0.3, 0.4) is 0 Å². The van der Waals surface area contributed by atoms with Gasteiger partial charge >= 0.3 is 17.9 Å². The molecule has 0 bridgehead atoms. The van der Waals surface area contributed by atoms with Crippen LogP contribution in [0.2, 0.25) is 0 Å². The van der Waals surface area contributed by atoms with Gasteiger partial charge in [-0.05, 0) is 70.1 Å². The molecule has 0 amide bonds. The lowest BCUT2D eigenvalue weighted by Crippen LogP contribution is -2.33. The number of methoxy groups -OCH3 is 1. The van der Waals surface area contributed by atoms with Crippen LogP contribution >= 0.6 is 0 Å². The first-order valence-corrected chi connectivity index (χ1v) is 11.2. The van der Waals surface area contributed by atoms with Crippen LogP contribution in [0.5, 0.6) is 0 Å². The predicted molar refractivity (Wildman–Crippen MR) is 113 cm³/mol. The highest BCUT2D eigenvalue weighted by atomic mass is 16.5. The standard InChI is InChI=1S/C24H38O6/c1-16(2)21(25)29-14-24(3,4)15-30-23(27)20-12-8-18(9-13-20)17-6-10-19(11-7-17)22(26)28-5/h17-20H,1,6-15H2,2-5H3. The minimum Gasteiger partial charge on any atom is -0.469 e. The average molecular weight is 423 g/mol. The summed E-state index contributed by atoms with van der Waals surface area (Å²) in [5, 5.41) is 0. The van der Waals surface area contributed by atoms with Crippen molar-refractivity contribution < 1.29 is 28.6 Å². The van der Waals surface area contributed by atoms with Gasteiger partial charge in [0.05, 0.1) is 32.2 Å². The highest BCUT2D eigenvalue weighted by molar-refractivity contribution is 5.86. The van der Waals surface area contributed by atoms with E-state index in [4.69, 9.17) is 14.2 Å². The smallest absolute Gasteiger partial charge is 0.333 e. The molecule has 0 heterocycles. The first-order valence-electron chi connectivity index (χ1n) is 11.2. The molecular weight excluding hydrogens is 384 g/mol. The molecule has 0 aromatic rings. The minimum absolute atomic E-state index is 0.0403. The lowest BCUT2D eigenvalue weighted by molar-refractivity contribution is -0.156. The molecule has 2 fully saturated rings. The molecule has 2 rings (SSSR count). The third-order valence-electron chi connectivity index (χ3n) is 6.63. The molecular formula is C24H38O6. The first-order chi connectivity index (χ1) is 14.1. The summed E-state index contributed by atoms with van der Waals surface area (Å²) in [6.45, 7) is 9.41. The molecule has 0 aliphatic heterocycles. The first kappa shape index (κ1) is 24.4. The number of carbonyl (C=O) groups is 3. The summed E-state index contributed by atoms with van der Waals surface area (Å²) in [5.41, 5.74) is -0.0747. The summed E-state index contributed by atoms with van der Waals surface area (Å²) >= 11 is 0. The number of esters is 3. The van der Waals surface area contributed by atoms with E-state index in [-0.39, 0.29) is 37.0 Å². The zero-order valence-electron chi connectivity index (χ0n) is 19.0. The van der Waals surface area contributed by atoms with Crippen molar-refractivity contribution >= 4 is 17.9 Å². The third kappa shape index (κ3) is 7.13. The predicted octanol–water partition coefficient (Wildman–Crippen LogP) is 4.46. The van der Waals surface area contributed by atoms with Crippen LogP contribution < -0.4 is 0 Å². The van der Waals surface area contributed by atoms with E-state index < -0.39 is 11.4 Å². The van der Waals surface area contributed by atoms with Gasteiger partial charge in [0.15, 0.2) is 0 Å². The Kier molecular flexibility index (Phi) is 8.92. The molecule has 0 atom stereocenters. The highest BCUT2D eigenvalue weighted by Crippen LogP contribution is 2.41. The zero-order chi connectivity index (χ0) is 22.3. The Morgan fingerprint density at radius 3 is 1.67 bits per heavy atom. The molecule has 6 nitrogen and oxygen atoms in total. The summed E-state index contributed by atoms with van der Waals surface area (Å²) in [7, 11) is 1.46. The van der Waals surface area contributed by atoms with E-state index in [9.17, 15) is 14.4 Å². The maximum atomic E-state index is 12.5. The van der Waals surface area contributed by atoms with E-state index in [0.717, 1.165) is 51.4 Å². The molecule has 0 aromatic heterocycles. The van der Waals surface area contributed by atoms with E-state index in [1.807, 2.05) is 13.8 Å². The second kappa shape index (κ2) is 11.0. The molecule has 0 saturated heterocycles. The normalized spacial score (nSPS) is 27.1. The van der Waals surface area contributed by atoms with Gasteiger partial charge in [0, 0.05) is 11.0 Å². The Hall–Kier alpha value is -1.85. The van der Waals surface area contributed by atoms with Crippen LogP contribution in [0.1, 0.15) is 72.1 Å². The largest absolute Gasteiger partial charge is 0.469 e. The van der Waals surface area contributed by atoms with Gasteiger partial charge in [0.1, 0.15) is 0 Å². The second-order valence-electron chi connectivity index (χ2n) is 9.87. The van der Waals surface area contributed by atoms with Gasteiger partial charge in [-0.3, -0.25) is 9.59 Å². The summed E-state index contributed by atoms with van der Waals surface area (Å²) in [6.07, 6.45) is 7.83. The number of carbonyl (C=O) groups excluding carboxylic acids is 3. The Morgan fingerprint density at radius 2 is 1.23 bits per heavy atom. The van der Waals surface area contributed by atoms with Crippen molar-refractivity contribution in [2.24, 2.45) is 29.1 Å². The fraction of sp³-hybridized carbons (Fsp3) is 0.792. The van der Waals surface area contributed by atoms with E-state index in [2.05, 4.69) is 6.58 Å². The Balaban J connectivity index is 1.69. The summed E-state index contributed by atoms with van der Waals surface area (Å²) < 4.78 is 15.6. The monoisotopic (exact) mass is 422 g/mol. The third-order valence-corrected chi connectivity index (χ3v) is 6.63. The summed E-state index contributed by atoms with van der Waals surface area (Å²) in [4.78, 5) is 35.8. The Morgan fingerprint density at radius 1 is 0.800 bits per heavy atom. The fourth-order valence-corrected chi connectivity index (χ4v) is 4.63. The van der Waals surface area contributed by atoms with Crippen LogP contribution in [0, 0.1) is 29.1 Å². The minimum atomic E-state index is -0.434. The molecule has 2 aliphatic carbocycles. The van der Waals surface area contributed by atoms with Crippen molar-refractivity contribution in [3.05, 3.63) is 12.2 Å². The van der Waals surface area contributed by atoms with Gasteiger partial charge in [-0.1, -0.05) is 20.4 Å². The number of hydrogen-bond donors (Lipinski definition) is 0. The van der Waals surface area contributed by atoms with Gasteiger partial charge in [-0.15, -0.1) is 0 Å². The van der Waals surface area contributed by atoms with Gasteiger partial charge in [-0.25, -0.2) is 4.79 Å². The van der Waals surface area contributed by atoms with Crippen molar-refractivity contribution in [3.63, 3.8) is 0 Å². The summed E-state index contributed by atoms with van der Waals surface area (Å²) in [5.74, 6) is 0.695. The maximum Gasteiger partial charge on any atom is 0.333 e. The van der Waals surface area contributed by atoms with Crippen LogP contribution in [-0.2, 0) is 28.6 Å². The second-order valence-corrected chi connectivity index (χ2v) is 9.87. The molecule has 0 unspecified atom stereocenters. The topological polar surface area (TPSA) is 78.9 Å². The maximum absolute atomic E-state index is 12.5. The van der Waals surface area contributed by atoms with Crippen molar-refractivity contribution in [3.8, 4) is 0 Å². The number of hydrogen-bond acceptors (Lipinski definition) is 6. The molecule has 0 spiro atoms. The molecule has 0 radical (unpaired) electrons. The van der Waals surface area contributed by atoms with E-state index in [1.54, 1.807) is 6.92 Å². The average Bonchev–Trinajstić information content (AvgIpc) is 2.75. The zero-order valence-corrected chi connectivity index (χ0v) is 19.0. The lowest BCUT2D eigenvalue weighted by Gasteiger charge is -2.37. The van der Waals surface area contributed by atoms with Crippen molar-refractivity contribution in [2.45, 2.75) is 72.1 Å². The molecule has 2 saturated carbocycles. The van der Waals surface area contributed by atoms with Crippen LogP contribution in [-0.4, -0.2) is 38.2 Å². The lowest BCUT2D eigenvalue weighted by atomic mass is 9.69. The van der Waals surface area contributed by atoms with Gasteiger partial charge in [-0.2, -0.15) is 0 Å². The van der Waals surface area contributed by atoms with E-state index >= 15 is 0 Å². The van der Waals surface area contributed by atoms with Crippen LogP contribution in [0.15, 0.2) is 12.2 Å². The van der Waals surface area contributed by atoms with Gasteiger partial charge in [0.2, 0.25) is 0 Å². The Labute approximate surface area is 180 Å². The van der Waals surface area contributed by atoms with Crippen LogP contribution in [0.25, 0.3) is 0 Å². The SMILES string of the molecule is C=C(C)C(=O)OCC(C)(C)COC(=O)C1CCC(C2CCC(C(=O)OC)CC2)CC1. The molecule has 170 valence electrons. The Bertz CT molecular complexity index is 622. The quantitative estimate of drug-likeness (QED) is 0.326. The molecule has 0 N–H and O–H groups in total. The highest BCUT2D eigenvalue weighted by Gasteiger charge is 2.35. The van der Waals surface area contributed by atoms with E-state index in [0.29, 0.717) is 17.4 Å². The summed E-state index contributed by atoms with van der Waals surface area (Å²) in [6, 6.07) is 0. The van der Waals surface area contributed by atoms with Crippen molar-refractivity contribution in [1.29, 1.82) is 0 Å². The molecule has 0 aromatic carbocycles. The van der Waals surface area contributed by atoms with E-state index in [1.165, 1.54) is 7.11 Å². The van der Waals surface area contributed by atoms with Gasteiger partial charge < -0.3 is 14.2 Å². The van der Waals surface area contributed by atoms with Crippen molar-refractivity contribution in [1.82, 2.24) is 0 Å². The van der Waals surface area contributed by atoms with Crippen LogP contribution in [0.4, 0.5) is 0 Å². The number of rotatable bonds is 8. The molecule has 2 aliphatic rings. The van der Waals surface area contributed by atoms with Crippen molar-refractivity contribution in [2.75, 3.05) is 20.3 Å². The fourth-order valence-electron chi connectivity index (χ4n) is 4.63. The van der Waals surface area contributed by atoms with Gasteiger partial charge in [0.25, 0.3) is 0 Å². The molecule has 6 heteroatoms. The number of ether oxygens (including phenoxy) is 3.